The first-order valence-electron chi connectivity index (χ1n) is 8.72. The predicted octanol–water partition coefficient (Wildman–Crippen LogP) is 1.75. The quantitative estimate of drug-likeness (QED) is 0.718. The highest BCUT2D eigenvalue weighted by Gasteiger charge is 2.33. The van der Waals surface area contributed by atoms with Crippen LogP contribution in [0, 0.1) is 11.8 Å². The fourth-order valence-corrected chi connectivity index (χ4v) is 3.41. The number of aromatic nitrogens is 4. The molecule has 2 saturated carbocycles. The zero-order valence-corrected chi connectivity index (χ0v) is 13.7. The van der Waals surface area contributed by atoms with Gasteiger partial charge in [-0.15, -0.1) is 0 Å². The summed E-state index contributed by atoms with van der Waals surface area (Å²) in [6.45, 7) is 1.88. The molecule has 3 N–H and O–H groups in total. The Bertz CT molecular complexity index is 657. The van der Waals surface area contributed by atoms with E-state index in [0.717, 1.165) is 43.5 Å². The lowest BCUT2D eigenvalue weighted by molar-refractivity contribution is 0.166. The van der Waals surface area contributed by atoms with E-state index in [1.54, 1.807) is 12.5 Å². The van der Waals surface area contributed by atoms with Gasteiger partial charge in [0.2, 0.25) is 0 Å². The molecule has 128 valence electrons. The number of anilines is 2. The van der Waals surface area contributed by atoms with Gasteiger partial charge in [0.25, 0.3) is 0 Å². The van der Waals surface area contributed by atoms with E-state index < -0.39 is 0 Å². The van der Waals surface area contributed by atoms with E-state index >= 15 is 0 Å². The molecule has 3 atom stereocenters. The van der Waals surface area contributed by atoms with Crippen molar-refractivity contribution < 1.29 is 5.11 Å². The van der Waals surface area contributed by atoms with Crippen molar-refractivity contribution in [2.45, 2.75) is 44.4 Å². The fourth-order valence-electron chi connectivity index (χ4n) is 3.41. The third kappa shape index (κ3) is 3.84. The Labute approximate surface area is 141 Å². The Balaban J connectivity index is 1.33. The van der Waals surface area contributed by atoms with Gasteiger partial charge in [-0.05, 0) is 37.5 Å². The van der Waals surface area contributed by atoms with E-state index in [-0.39, 0.29) is 12.1 Å². The van der Waals surface area contributed by atoms with E-state index in [1.807, 2.05) is 18.6 Å². The largest absolute Gasteiger partial charge is 0.391 e. The molecule has 0 aliphatic heterocycles. The maximum atomic E-state index is 10.4. The number of aliphatic hydroxyl groups is 1. The van der Waals surface area contributed by atoms with Crippen LogP contribution in [0.25, 0.3) is 0 Å². The Kier molecular flexibility index (Phi) is 4.34. The molecular weight excluding hydrogens is 304 g/mol. The molecule has 2 heterocycles. The van der Waals surface area contributed by atoms with Crippen molar-refractivity contribution in [3.05, 3.63) is 31.1 Å². The number of nitrogens with one attached hydrogen (secondary N) is 2. The summed E-state index contributed by atoms with van der Waals surface area (Å²) in [6.07, 6.45) is 11.2. The Morgan fingerprint density at radius 1 is 1.17 bits per heavy atom. The highest BCUT2D eigenvalue weighted by molar-refractivity contribution is 5.47. The monoisotopic (exact) mass is 328 g/mol. The molecule has 0 bridgehead atoms. The second-order valence-corrected chi connectivity index (χ2v) is 7.03. The van der Waals surface area contributed by atoms with Crippen LogP contribution in [0.1, 0.15) is 25.7 Å². The van der Waals surface area contributed by atoms with Crippen LogP contribution in [0.15, 0.2) is 31.1 Å². The number of hydrogen-bond acceptors (Lipinski definition) is 6. The van der Waals surface area contributed by atoms with Gasteiger partial charge >= 0.3 is 0 Å². The molecule has 2 aromatic rings. The molecule has 2 aliphatic rings. The third-order valence-corrected chi connectivity index (χ3v) is 4.92. The van der Waals surface area contributed by atoms with Crippen molar-refractivity contribution in [1.82, 2.24) is 19.5 Å². The molecule has 2 aliphatic carbocycles. The van der Waals surface area contributed by atoms with Gasteiger partial charge in [-0.3, -0.25) is 0 Å². The predicted molar refractivity (Wildman–Crippen MR) is 91.6 cm³/mol. The van der Waals surface area contributed by atoms with E-state index in [9.17, 15) is 5.11 Å². The van der Waals surface area contributed by atoms with Crippen molar-refractivity contribution in [2.75, 3.05) is 17.2 Å². The van der Waals surface area contributed by atoms with Crippen molar-refractivity contribution in [3.63, 3.8) is 0 Å². The molecule has 0 saturated heterocycles. The van der Waals surface area contributed by atoms with E-state index in [1.165, 1.54) is 12.8 Å². The minimum absolute atomic E-state index is 0.0321. The topological polar surface area (TPSA) is 87.9 Å². The summed E-state index contributed by atoms with van der Waals surface area (Å²) in [7, 11) is 0. The summed E-state index contributed by atoms with van der Waals surface area (Å²) in [6, 6.07) is 1.96. The van der Waals surface area contributed by atoms with Crippen LogP contribution in [-0.4, -0.2) is 43.3 Å². The normalized spacial score (nSPS) is 26.5. The lowest BCUT2D eigenvalue weighted by Gasteiger charge is -2.17. The summed E-state index contributed by atoms with van der Waals surface area (Å²) >= 11 is 0. The van der Waals surface area contributed by atoms with Crippen LogP contribution in [0.5, 0.6) is 0 Å². The molecule has 24 heavy (non-hydrogen) atoms. The first-order chi connectivity index (χ1) is 11.8. The van der Waals surface area contributed by atoms with Gasteiger partial charge in [-0.25, -0.2) is 15.0 Å². The first kappa shape index (κ1) is 15.4. The summed E-state index contributed by atoms with van der Waals surface area (Å²) in [5, 5.41) is 17.1. The molecule has 2 fully saturated rings. The third-order valence-electron chi connectivity index (χ3n) is 4.92. The number of imidazole rings is 1. The van der Waals surface area contributed by atoms with Crippen molar-refractivity contribution in [2.24, 2.45) is 11.8 Å². The molecule has 0 spiro atoms. The molecular formula is C17H24N6O. The average molecular weight is 328 g/mol. The van der Waals surface area contributed by atoms with Crippen LogP contribution < -0.4 is 10.6 Å². The Hall–Kier alpha value is -2.15. The van der Waals surface area contributed by atoms with Gasteiger partial charge in [-0.1, -0.05) is 0 Å². The smallest absolute Gasteiger partial charge is 0.131 e. The first-order valence-corrected chi connectivity index (χ1v) is 8.72. The summed E-state index contributed by atoms with van der Waals surface area (Å²) in [5.41, 5.74) is 0. The molecule has 7 nitrogen and oxygen atoms in total. The highest BCUT2D eigenvalue weighted by Crippen LogP contribution is 2.30. The van der Waals surface area contributed by atoms with Crippen molar-refractivity contribution >= 4 is 11.6 Å². The molecule has 7 heteroatoms. The maximum Gasteiger partial charge on any atom is 0.131 e. The van der Waals surface area contributed by atoms with Crippen LogP contribution >= 0.6 is 0 Å². The zero-order chi connectivity index (χ0) is 16.4. The highest BCUT2D eigenvalue weighted by atomic mass is 16.3. The number of rotatable bonds is 7. The number of aliphatic hydroxyl groups excluding tert-OH is 1. The van der Waals surface area contributed by atoms with E-state index in [2.05, 4.69) is 30.2 Å². The lowest BCUT2D eigenvalue weighted by atomic mass is 10.1. The number of nitrogens with zero attached hydrogens (tertiary/aromatic N) is 4. The van der Waals surface area contributed by atoms with Gasteiger partial charge in [0.05, 0.1) is 18.5 Å². The minimum Gasteiger partial charge on any atom is -0.391 e. The molecule has 0 amide bonds. The van der Waals surface area contributed by atoms with Gasteiger partial charge in [-0.2, -0.15) is 0 Å². The van der Waals surface area contributed by atoms with Gasteiger partial charge in [0.1, 0.15) is 18.0 Å². The van der Waals surface area contributed by atoms with E-state index in [0.29, 0.717) is 5.92 Å². The maximum absolute atomic E-state index is 10.4. The summed E-state index contributed by atoms with van der Waals surface area (Å²) < 4.78 is 2.07. The zero-order valence-electron chi connectivity index (χ0n) is 13.7. The summed E-state index contributed by atoms with van der Waals surface area (Å²) in [4.78, 5) is 12.6. The average Bonchev–Trinajstić information content (AvgIpc) is 3.16. The second kappa shape index (κ2) is 6.76. The lowest BCUT2D eigenvalue weighted by Crippen LogP contribution is -2.28. The number of hydrogen-bond donors (Lipinski definition) is 3. The van der Waals surface area contributed by atoms with Crippen molar-refractivity contribution in [1.29, 1.82) is 0 Å². The summed E-state index contributed by atoms with van der Waals surface area (Å²) in [5.74, 6) is 2.87. The van der Waals surface area contributed by atoms with Crippen molar-refractivity contribution in [3.8, 4) is 0 Å². The standard InChI is InChI=1S/C17H24N6O/c24-15-6-13(9-23-4-3-18-11-23)5-14(15)22-17-7-16(20-10-21-17)19-8-12-1-2-12/h3-4,7,10-15,24H,1-2,5-6,8-9H2,(H2,19,20,21,22)/t13?,14-,15-/m1/s1. The molecule has 0 aromatic carbocycles. The minimum atomic E-state index is -0.351. The van der Waals surface area contributed by atoms with E-state index in [4.69, 9.17) is 0 Å². The van der Waals surface area contributed by atoms with Gasteiger partial charge in [0, 0.05) is 31.5 Å². The van der Waals surface area contributed by atoms with Crippen LogP contribution in [0.2, 0.25) is 0 Å². The molecule has 1 unspecified atom stereocenters. The molecule has 2 aromatic heterocycles. The molecule has 4 rings (SSSR count). The second-order valence-electron chi connectivity index (χ2n) is 7.03. The Morgan fingerprint density at radius 3 is 2.83 bits per heavy atom. The van der Waals surface area contributed by atoms with Crippen LogP contribution in [0.4, 0.5) is 11.6 Å². The Morgan fingerprint density at radius 2 is 2.04 bits per heavy atom. The SMILES string of the molecule is O[C@@H]1CC(Cn2ccnc2)C[C@H]1Nc1cc(NCC2CC2)ncn1. The van der Waals surface area contributed by atoms with Gasteiger partial charge in [0.15, 0.2) is 0 Å². The van der Waals surface area contributed by atoms with Crippen LogP contribution in [-0.2, 0) is 6.54 Å². The fraction of sp³-hybridized carbons (Fsp3) is 0.588. The van der Waals surface area contributed by atoms with Gasteiger partial charge < -0.3 is 20.3 Å². The van der Waals surface area contributed by atoms with Crippen LogP contribution in [0.3, 0.4) is 0 Å². The molecule has 0 radical (unpaired) electrons.